The first-order valence-corrected chi connectivity index (χ1v) is 11.2. The van der Waals surface area contributed by atoms with Crippen molar-refractivity contribution >= 4 is 30.8 Å². The van der Waals surface area contributed by atoms with Crippen LogP contribution in [0.2, 0.25) is 19.6 Å². The predicted octanol–water partition coefficient (Wildman–Crippen LogP) is 4.73. The summed E-state index contributed by atoms with van der Waals surface area (Å²) in [6.07, 6.45) is 0. The highest BCUT2D eigenvalue weighted by molar-refractivity contribution is 7.00. The second-order valence-electron chi connectivity index (χ2n) is 6.13. The van der Waals surface area contributed by atoms with Crippen LogP contribution in [-0.2, 0) is 0 Å². The summed E-state index contributed by atoms with van der Waals surface area (Å²) in [4.78, 5) is 0. The molecule has 0 spiro atoms. The van der Waals surface area contributed by atoms with Gasteiger partial charge in [-0.05, 0) is 23.8 Å². The number of benzene rings is 2. The summed E-state index contributed by atoms with van der Waals surface area (Å²) >= 11 is 1.18. The molecule has 0 amide bonds. The predicted molar refractivity (Wildman–Crippen MR) is 93.0 cm³/mol. The Balaban J connectivity index is 2.14. The first-order chi connectivity index (χ1) is 10.4. The average molecular weight is 326 g/mol. The first-order valence-electron chi connectivity index (χ1n) is 6.98. The third-order valence-corrected chi connectivity index (χ3v) is 4.55. The summed E-state index contributed by atoms with van der Waals surface area (Å²) in [6, 6.07) is 10.4. The summed E-state index contributed by atoms with van der Waals surface area (Å²) in [5.41, 5.74) is 7.83. The number of aromatic nitrogens is 2. The zero-order chi connectivity index (χ0) is 15.7. The molecule has 0 fully saturated rings. The molecule has 0 N–H and O–H groups in total. The smallest absolute Gasteiger partial charge is 0.129 e. The van der Waals surface area contributed by atoms with E-state index in [2.05, 4.69) is 39.9 Å². The van der Waals surface area contributed by atoms with Gasteiger partial charge in [-0.2, -0.15) is 8.75 Å². The van der Waals surface area contributed by atoms with Crippen molar-refractivity contribution in [3.63, 3.8) is 0 Å². The highest BCUT2D eigenvalue weighted by atomic mass is 32.1. The third kappa shape index (κ3) is 3.08. The zero-order valence-corrected chi connectivity index (χ0v) is 14.5. The van der Waals surface area contributed by atoms with Crippen molar-refractivity contribution in [1.29, 1.82) is 0 Å². The molecule has 0 saturated carbocycles. The van der Waals surface area contributed by atoms with Gasteiger partial charge in [-0.1, -0.05) is 43.8 Å². The van der Waals surface area contributed by atoms with E-state index in [1.165, 1.54) is 23.9 Å². The Labute approximate surface area is 134 Å². The van der Waals surface area contributed by atoms with E-state index >= 15 is 0 Å². The van der Waals surface area contributed by atoms with Gasteiger partial charge in [-0.15, -0.1) is 5.54 Å². The topological polar surface area (TPSA) is 25.8 Å². The Morgan fingerprint density at radius 3 is 2.32 bits per heavy atom. The van der Waals surface area contributed by atoms with Gasteiger partial charge in [0.1, 0.15) is 24.9 Å². The van der Waals surface area contributed by atoms with Crippen LogP contribution in [0, 0.1) is 17.3 Å². The van der Waals surface area contributed by atoms with Crippen molar-refractivity contribution in [3.8, 4) is 22.6 Å². The van der Waals surface area contributed by atoms with Gasteiger partial charge in [-0.25, -0.2) is 4.39 Å². The lowest BCUT2D eigenvalue weighted by molar-refractivity contribution is 0.628. The summed E-state index contributed by atoms with van der Waals surface area (Å²) in [5, 5.41) is 0. The molecule has 0 saturated heterocycles. The monoisotopic (exact) mass is 326 g/mol. The number of nitrogens with zero attached hydrogens (tertiary/aromatic N) is 2. The van der Waals surface area contributed by atoms with Crippen molar-refractivity contribution in [2.75, 3.05) is 0 Å². The molecule has 0 aliphatic carbocycles. The average Bonchev–Trinajstić information content (AvgIpc) is 2.94. The van der Waals surface area contributed by atoms with Crippen LogP contribution < -0.4 is 0 Å². The SMILES string of the molecule is C[Si](C)(C)C#Cc1ccc(-c2ccc(F)cc2)c2nsnc12. The molecule has 110 valence electrons. The van der Waals surface area contributed by atoms with Crippen LogP contribution in [0.1, 0.15) is 5.56 Å². The molecular formula is C17H15FN2SSi. The number of halogens is 1. The fraction of sp³-hybridized carbons (Fsp3) is 0.176. The Bertz CT molecular complexity index is 883. The van der Waals surface area contributed by atoms with Crippen LogP contribution in [0.5, 0.6) is 0 Å². The molecule has 0 bridgehead atoms. The van der Waals surface area contributed by atoms with Gasteiger partial charge in [0.25, 0.3) is 0 Å². The largest absolute Gasteiger partial charge is 0.207 e. The van der Waals surface area contributed by atoms with E-state index in [1.54, 1.807) is 12.1 Å². The summed E-state index contributed by atoms with van der Waals surface area (Å²) in [5.74, 6) is 3.02. The molecule has 2 aromatic carbocycles. The minimum Gasteiger partial charge on any atom is -0.207 e. The van der Waals surface area contributed by atoms with E-state index in [-0.39, 0.29) is 5.82 Å². The van der Waals surface area contributed by atoms with E-state index in [0.29, 0.717) is 0 Å². The van der Waals surface area contributed by atoms with Gasteiger partial charge < -0.3 is 0 Å². The van der Waals surface area contributed by atoms with Crippen molar-refractivity contribution in [2.24, 2.45) is 0 Å². The fourth-order valence-corrected chi connectivity index (χ4v) is 3.17. The van der Waals surface area contributed by atoms with Crippen molar-refractivity contribution in [1.82, 2.24) is 8.75 Å². The van der Waals surface area contributed by atoms with Crippen LogP contribution in [-0.4, -0.2) is 16.8 Å². The van der Waals surface area contributed by atoms with Crippen molar-refractivity contribution in [3.05, 3.63) is 47.8 Å². The molecule has 1 heterocycles. The quantitative estimate of drug-likeness (QED) is 0.477. The van der Waals surface area contributed by atoms with Crippen LogP contribution in [0.15, 0.2) is 36.4 Å². The standard InChI is InChI=1S/C17H15FN2SSi/c1-22(2,3)11-10-13-6-9-15(17-16(13)19-21-20-17)12-4-7-14(18)8-5-12/h4-9H,1-3H3. The Kier molecular flexibility index (Phi) is 3.81. The highest BCUT2D eigenvalue weighted by Gasteiger charge is 2.12. The molecule has 0 aliphatic rings. The highest BCUT2D eigenvalue weighted by Crippen LogP contribution is 2.29. The van der Waals surface area contributed by atoms with Gasteiger partial charge in [-0.3, -0.25) is 0 Å². The zero-order valence-electron chi connectivity index (χ0n) is 12.6. The van der Waals surface area contributed by atoms with Gasteiger partial charge in [0.15, 0.2) is 0 Å². The minimum absolute atomic E-state index is 0.242. The lowest BCUT2D eigenvalue weighted by Gasteiger charge is -2.05. The molecule has 0 unspecified atom stereocenters. The molecule has 2 nitrogen and oxygen atoms in total. The molecule has 3 rings (SSSR count). The van der Waals surface area contributed by atoms with Crippen molar-refractivity contribution in [2.45, 2.75) is 19.6 Å². The molecule has 0 radical (unpaired) electrons. The van der Waals surface area contributed by atoms with E-state index in [0.717, 1.165) is 27.7 Å². The molecule has 0 aliphatic heterocycles. The maximum atomic E-state index is 13.1. The first kappa shape index (κ1) is 14.9. The maximum absolute atomic E-state index is 13.1. The van der Waals surface area contributed by atoms with E-state index in [1.807, 2.05) is 12.1 Å². The Morgan fingerprint density at radius 2 is 1.64 bits per heavy atom. The Morgan fingerprint density at radius 1 is 0.955 bits per heavy atom. The van der Waals surface area contributed by atoms with Crippen molar-refractivity contribution < 1.29 is 4.39 Å². The van der Waals surface area contributed by atoms with E-state index < -0.39 is 8.07 Å². The molecule has 5 heteroatoms. The van der Waals surface area contributed by atoms with Crippen LogP contribution in [0.3, 0.4) is 0 Å². The third-order valence-electron chi connectivity index (χ3n) is 3.14. The molecule has 3 aromatic rings. The van der Waals surface area contributed by atoms with Gasteiger partial charge in [0, 0.05) is 5.56 Å². The fourth-order valence-electron chi connectivity index (χ4n) is 2.08. The normalized spacial score (nSPS) is 11.3. The van der Waals surface area contributed by atoms with E-state index in [4.69, 9.17) is 0 Å². The lowest BCUT2D eigenvalue weighted by atomic mass is 10.0. The number of hydrogen-bond donors (Lipinski definition) is 0. The minimum atomic E-state index is -1.44. The lowest BCUT2D eigenvalue weighted by Crippen LogP contribution is -2.16. The Hall–Kier alpha value is -2.03. The van der Waals surface area contributed by atoms with Gasteiger partial charge >= 0.3 is 0 Å². The summed E-state index contributed by atoms with van der Waals surface area (Å²) in [6.45, 7) is 6.64. The summed E-state index contributed by atoms with van der Waals surface area (Å²) in [7, 11) is -1.44. The van der Waals surface area contributed by atoms with Gasteiger partial charge in [0.2, 0.25) is 0 Å². The number of hydrogen-bond acceptors (Lipinski definition) is 3. The molecule has 22 heavy (non-hydrogen) atoms. The second-order valence-corrected chi connectivity index (χ2v) is 11.4. The maximum Gasteiger partial charge on any atom is 0.129 e. The second kappa shape index (κ2) is 5.63. The van der Waals surface area contributed by atoms with Crippen LogP contribution in [0.25, 0.3) is 22.2 Å². The van der Waals surface area contributed by atoms with E-state index in [9.17, 15) is 4.39 Å². The number of fused-ring (bicyclic) bond motifs is 1. The van der Waals surface area contributed by atoms with Crippen LogP contribution in [0.4, 0.5) is 4.39 Å². The molecular weight excluding hydrogens is 311 g/mol. The summed E-state index contributed by atoms with van der Waals surface area (Å²) < 4.78 is 21.9. The molecule has 0 atom stereocenters. The number of rotatable bonds is 1. The van der Waals surface area contributed by atoms with Crippen LogP contribution >= 0.6 is 11.7 Å². The van der Waals surface area contributed by atoms with Gasteiger partial charge in [0.05, 0.1) is 17.3 Å². The molecule has 1 aromatic heterocycles.